The summed E-state index contributed by atoms with van der Waals surface area (Å²) in [5.41, 5.74) is 2.96. The van der Waals surface area contributed by atoms with Crippen molar-refractivity contribution in [1.82, 2.24) is 5.32 Å². The zero-order chi connectivity index (χ0) is 13.2. The monoisotopic (exact) mass is 247 g/mol. The van der Waals surface area contributed by atoms with Crippen LogP contribution in [0.3, 0.4) is 0 Å². The molecule has 1 rings (SSSR count). The molecule has 0 bridgehead atoms. The van der Waals surface area contributed by atoms with E-state index in [1.54, 1.807) is 0 Å². The first-order valence-electron chi connectivity index (χ1n) is 7.51. The number of nitrogens with one attached hydrogen (secondary N) is 1. The lowest BCUT2D eigenvalue weighted by atomic mass is 10.00. The molecule has 18 heavy (non-hydrogen) atoms. The molecule has 1 N–H and O–H groups in total. The van der Waals surface area contributed by atoms with Gasteiger partial charge in [0.25, 0.3) is 0 Å². The van der Waals surface area contributed by atoms with Gasteiger partial charge in [-0.05, 0) is 55.8 Å². The maximum atomic E-state index is 3.37. The van der Waals surface area contributed by atoms with Crippen LogP contribution in [0.4, 0.5) is 0 Å². The average molecular weight is 247 g/mol. The number of hydrogen-bond donors (Lipinski definition) is 1. The van der Waals surface area contributed by atoms with Gasteiger partial charge in [0, 0.05) is 0 Å². The molecule has 0 radical (unpaired) electrons. The summed E-state index contributed by atoms with van der Waals surface area (Å²) in [5, 5.41) is 3.37. The molecule has 1 nitrogen and oxygen atoms in total. The predicted molar refractivity (Wildman–Crippen MR) is 81.1 cm³/mol. The average Bonchev–Trinajstić information content (AvgIpc) is 2.35. The maximum absolute atomic E-state index is 3.37. The number of unbranched alkanes of at least 4 members (excludes halogenated alkanes) is 2. The Kier molecular flexibility index (Phi) is 7.75. The Bertz CT molecular complexity index is 300. The molecule has 0 spiro atoms. The SMILES string of the molecule is CCNCCCCCc1ccc(CC(C)C)cc1. The summed E-state index contributed by atoms with van der Waals surface area (Å²) in [6.07, 6.45) is 6.38. The minimum atomic E-state index is 0.752. The van der Waals surface area contributed by atoms with E-state index in [0.717, 1.165) is 12.5 Å². The van der Waals surface area contributed by atoms with Crippen LogP contribution < -0.4 is 5.32 Å². The van der Waals surface area contributed by atoms with Gasteiger partial charge in [-0.3, -0.25) is 0 Å². The fourth-order valence-electron chi connectivity index (χ4n) is 2.25. The summed E-state index contributed by atoms with van der Waals surface area (Å²) in [6, 6.07) is 9.21. The zero-order valence-corrected chi connectivity index (χ0v) is 12.3. The topological polar surface area (TPSA) is 12.0 Å². The van der Waals surface area contributed by atoms with E-state index in [0.29, 0.717) is 0 Å². The van der Waals surface area contributed by atoms with Crippen molar-refractivity contribution in [3.05, 3.63) is 35.4 Å². The Balaban J connectivity index is 2.18. The van der Waals surface area contributed by atoms with E-state index in [2.05, 4.69) is 50.4 Å². The van der Waals surface area contributed by atoms with Crippen LogP contribution in [0.15, 0.2) is 24.3 Å². The summed E-state index contributed by atoms with van der Waals surface area (Å²) >= 11 is 0. The zero-order valence-electron chi connectivity index (χ0n) is 12.3. The highest BCUT2D eigenvalue weighted by atomic mass is 14.8. The fraction of sp³-hybridized carbons (Fsp3) is 0.647. The lowest BCUT2D eigenvalue weighted by molar-refractivity contribution is 0.616. The highest BCUT2D eigenvalue weighted by molar-refractivity contribution is 5.22. The molecule has 0 amide bonds. The molecule has 1 aromatic carbocycles. The van der Waals surface area contributed by atoms with E-state index >= 15 is 0 Å². The van der Waals surface area contributed by atoms with Crippen LogP contribution >= 0.6 is 0 Å². The Morgan fingerprint density at radius 3 is 2.22 bits per heavy atom. The fourth-order valence-corrected chi connectivity index (χ4v) is 2.25. The Morgan fingerprint density at radius 2 is 1.61 bits per heavy atom. The molecule has 0 heterocycles. The van der Waals surface area contributed by atoms with Gasteiger partial charge >= 0.3 is 0 Å². The van der Waals surface area contributed by atoms with E-state index in [4.69, 9.17) is 0 Å². The number of hydrogen-bond acceptors (Lipinski definition) is 1. The first kappa shape index (κ1) is 15.2. The van der Waals surface area contributed by atoms with Crippen molar-refractivity contribution in [2.45, 2.75) is 52.9 Å². The summed E-state index contributed by atoms with van der Waals surface area (Å²) in [5.74, 6) is 0.752. The van der Waals surface area contributed by atoms with E-state index in [-0.39, 0.29) is 0 Å². The van der Waals surface area contributed by atoms with Gasteiger partial charge in [-0.15, -0.1) is 0 Å². The number of benzene rings is 1. The number of rotatable bonds is 9. The van der Waals surface area contributed by atoms with Gasteiger partial charge in [-0.1, -0.05) is 51.5 Å². The van der Waals surface area contributed by atoms with Crippen LogP contribution in [-0.4, -0.2) is 13.1 Å². The predicted octanol–water partition coefficient (Wildman–Crippen LogP) is 4.21. The van der Waals surface area contributed by atoms with Crippen LogP contribution in [0.25, 0.3) is 0 Å². The van der Waals surface area contributed by atoms with E-state index in [1.807, 2.05) is 0 Å². The van der Waals surface area contributed by atoms with Gasteiger partial charge in [0.05, 0.1) is 0 Å². The molecule has 0 atom stereocenters. The van der Waals surface area contributed by atoms with E-state index < -0.39 is 0 Å². The lowest BCUT2D eigenvalue weighted by Gasteiger charge is -2.07. The van der Waals surface area contributed by atoms with Crippen molar-refractivity contribution in [3.63, 3.8) is 0 Å². The Hall–Kier alpha value is -0.820. The molecule has 0 fully saturated rings. The van der Waals surface area contributed by atoms with Gasteiger partial charge in [0.2, 0.25) is 0 Å². The second kappa shape index (κ2) is 9.16. The summed E-state index contributed by atoms with van der Waals surface area (Å²) in [4.78, 5) is 0. The molecule has 1 heteroatoms. The molecule has 1 aromatic rings. The van der Waals surface area contributed by atoms with Crippen LogP contribution in [0.1, 0.15) is 51.2 Å². The second-order valence-corrected chi connectivity index (χ2v) is 5.58. The minimum Gasteiger partial charge on any atom is -0.317 e. The van der Waals surface area contributed by atoms with Crippen molar-refractivity contribution < 1.29 is 0 Å². The molecule has 0 unspecified atom stereocenters. The summed E-state index contributed by atoms with van der Waals surface area (Å²) in [7, 11) is 0. The van der Waals surface area contributed by atoms with Gasteiger partial charge in [-0.2, -0.15) is 0 Å². The third kappa shape index (κ3) is 6.80. The Labute approximate surface area is 113 Å². The summed E-state index contributed by atoms with van der Waals surface area (Å²) < 4.78 is 0. The van der Waals surface area contributed by atoms with Crippen LogP contribution in [0, 0.1) is 5.92 Å². The van der Waals surface area contributed by atoms with Crippen molar-refractivity contribution in [2.75, 3.05) is 13.1 Å². The van der Waals surface area contributed by atoms with Gasteiger partial charge in [0.1, 0.15) is 0 Å². The third-order valence-electron chi connectivity index (χ3n) is 3.24. The largest absolute Gasteiger partial charge is 0.317 e. The highest BCUT2D eigenvalue weighted by Gasteiger charge is 1.98. The lowest BCUT2D eigenvalue weighted by Crippen LogP contribution is -2.13. The molecule has 0 saturated heterocycles. The van der Waals surface area contributed by atoms with Crippen LogP contribution in [0.2, 0.25) is 0 Å². The maximum Gasteiger partial charge on any atom is -0.00490 e. The highest BCUT2D eigenvalue weighted by Crippen LogP contribution is 2.12. The van der Waals surface area contributed by atoms with Gasteiger partial charge in [-0.25, -0.2) is 0 Å². The second-order valence-electron chi connectivity index (χ2n) is 5.58. The first-order valence-corrected chi connectivity index (χ1v) is 7.51. The van der Waals surface area contributed by atoms with Gasteiger partial charge < -0.3 is 5.32 Å². The van der Waals surface area contributed by atoms with Crippen molar-refractivity contribution in [1.29, 1.82) is 0 Å². The normalized spacial score (nSPS) is 11.1. The minimum absolute atomic E-state index is 0.752. The molecule has 0 saturated carbocycles. The molecule has 0 aliphatic rings. The molecule has 102 valence electrons. The standard InChI is InChI=1S/C17H29N/c1-4-18-13-7-5-6-8-16-9-11-17(12-10-16)14-15(2)3/h9-12,15,18H,4-8,13-14H2,1-3H3. The number of aryl methyl sites for hydroxylation is 1. The molecule has 0 aromatic heterocycles. The molecule has 0 aliphatic heterocycles. The van der Waals surface area contributed by atoms with Crippen molar-refractivity contribution in [3.8, 4) is 0 Å². The molecular weight excluding hydrogens is 218 g/mol. The van der Waals surface area contributed by atoms with Crippen LogP contribution in [0.5, 0.6) is 0 Å². The van der Waals surface area contributed by atoms with Crippen LogP contribution in [-0.2, 0) is 12.8 Å². The Morgan fingerprint density at radius 1 is 0.944 bits per heavy atom. The molecule has 0 aliphatic carbocycles. The summed E-state index contributed by atoms with van der Waals surface area (Å²) in [6.45, 7) is 8.98. The van der Waals surface area contributed by atoms with Crippen molar-refractivity contribution in [2.24, 2.45) is 5.92 Å². The molecular formula is C17H29N. The third-order valence-corrected chi connectivity index (χ3v) is 3.24. The van der Waals surface area contributed by atoms with E-state index in [1.165, 1.54) is 49.8 Å². The first-order chi connectivity index (χ1) is 8.72. The quantitative estimate of drug-likeness (QED) is 0.645. The van der Waals surface area contributed by atoms with Gasteiger partial charge in [0.15, 0.2) is 0 Å². The van der Waals surface area contributed by atoms with E-state index in [9.17, 15) is 0 Å². The van der Waals surface area contributed by atoms with Crippen molar-refractivity contribution >= 4 is 0 Å². The smallest absolute Gasteiger partial charge is 0.00490 e.